The average molecular weight is 192 g/mol. The maximum absolute atomic E-state index is 3.98. The van der Waals surface area contributed by atoms with Crippen LogP contribution in [0.3, 0.4) is 0 Å². The third-order valence-corrected chi connectivity index (χ3v) is 2.71. The first-order valence-electron chi connectivity index (χ1n) is 5.41. The highest BCUT2D eigenvalue weighted by atomic mass is 14.1. The van der Waals surface area contributed by atoms with Crippen LogP contribution in [-0.4, -0.2) is 0 Å². The van der Waals surface area contributed by atoms with Crippen LogP contribution in [0.25, 0.3) is 0 Å². The number of rotatable bonds is 6. The van der Waals surface area contributed by atoms with Gasteiger partial charge in [0.15, 0.2) is 0 Å². The van der Waals surface area contributed by atoms with Crippen LogP contribution in [0.4, 0.5) is 0 Å². The predicted molar refractivity (Wildman–Crippen MR) is 66.3 cm³/mol. The van der Waals surface area contributed by atoms with Crippen molar-refractivity contribution in [2.45, 2.75) is 40.5 Å². The third-order valence-electron chi connectivity index (χ3n) is 2.71. The third kappa shape index (κ3) is 5.80. The predicted octanol–water partition coefficient (Wildman–Crippen LogP) is 4.75. The lowest BCUT2D eigenvalue weighted by Gasteiger charge is -2.11. The van der Waals surface area contributed by atoms with E-state index in [-0.39, 0.29) is 0 Å². The minimum absolute atomic E-state index is 0.588. The van der Waals surface area contributed by atoms with Crippen molar-refractivity contribution in [1.82, 2.24) is 0 Å². The fourth-order valence-electron chi connectivity index (χ4n) is 1.22. The summed E-state index contributed by atoms with van der Waals surface area (Å²) in [7, 11) is 0. The summed E-state index contributed by atoms with van der Waals surface area (Å²) in [6, 6.07) is 0. The summed E-state index contributed by atoms with van der Waals surface area (Å²) in [5.74, 6) is 1.19. The quantitative estimate of drug-likeness (QED) is 0.533. The summed E-state index contributed by atoms with van der Waals surface area (Å²) in [5.41, 5.74) is 2.74. The molecule has 0 saturated heterocycles. The molecule has 14 heavy (non-hydrogen) atoms. The molecule has 0 spiro atoms. The molecule has 0 radical (unpaired) electrons. The topological polar surface area (TPSA) is 0 Å². The molecule has 0 aliphatic heterocycles. The lowest BCUT2D eigenvalue weighted by Crippen LogP contribution is -1.96. The first-order chi connectivity index (χ1) is 6.47. The Labute approximate surface area is 89.4 Å². The molecule has 2 unspecified atom stereocenters. The molecule has 0 N–H and O–H groups in total. The minimum Gasteiger partial charge on any atom is -0.103 e. The van der Waals surface area contributed by atoms with E-state index in [1.807, 2.05) is 6.08 Å². The fraction of sp³-hybridized carbons (Fsp3) is 0.571. The van der Waals surface area contributed by atoms with Crippen molar-refractivity contribution in [2.75, 3.05) is 0 Å². The van der Waals surface area contributed by atoms with E-state index in [1.54, 1.807) is 0 Å². The molecule has 0 saturated carbocycles. The van der Waals surface area contributed by atoms with Crippen LogP contribution in [0, 0.1) is 11.8 Å². The van der Waals surface area contributed by atoms with Gasteiger partial charge in [0.1, 0.15) is 0 Å². The standard InChI is InChI=1S/C14H24/c1-7-12(4)8-9-13(5)10-14(6)11(2)3/h7,9,12,14H,1-2,8,10H2,3-6H3/b13-9+. The molecule has 0 bridgehead atoms. The molecular weight excluding hydrogens is 168 g/mol. The fourth-order valence-corrected chi connectivity index (χ4v) is 1.22. The van der Waals surface area contributed by atoms with E-state index in [0.717, 1.165) is 12.8 Å². The largest absolute Gasteiger partial charge is 0.103 e. The van der Waals surface area contributed by atoms with Gasteiger partial charge in [0, 0.05) is 0 Å². The maximum Gasteiger partial charge on any atom is -0.0200 e. The Morgan fingerprint density at radius 1 is 1.29 bits per heavy atom. The van der Waals surface area contributed by atoms with Crippen LogP contribution >= 0.6 is 0 Å². The highest BCUT2D eigenvalue weighted by Gasteiger charge is 2.03. The summed E-state index contributed by atoms with van der Waals surface area (Å²) < 4.78 is 0. The second-order valence-corrected chi connectivity index (χ2v) is 4.45. The molecule has 0 aliphatic rings. The first-order valence-corrected chi connectivity index (χ1v) is 5.41. The van der Waals surface area contributed by atoms with Gasteiger partial charge in [-0.25, -0.2) is 0 Å². The Balaban J connectivity index is 4.00. The van der Waals surface area contributed by atoms with E-state index in [0.29, 0.717) is 11.8 Å². The summed E-state index contributed by atoms with van der Waals surface area (Å²) in [6.45, 7) is 16.5. The number of allylic oxidation sites excluding steroid dienone is 4. The summed E-state index contributed by atoms with van der Waals surface area (Å²) >= 11 is 0. The SMILES string of the molecule is C=CC(C)C/C=C(\C)CC(C)C(=C)C. The molecule has 2 atom stereocenters. The molecule has 0 fully saturated rings. The lowest BCUT2D eigenvalue weighted by molar-refractivity contribution is 0.665. The van der Waals surface area contributed by atoms with Gasteiger partial charge in [0.2, 0.25) is 0 Å². The van der Waals surface area contributed by atoms with E-state index >= 15 is 0 Å². The maximum atomic E-state index is 3.98. The van der Waals surface area contributed by atoms with Crippen molar-refractivity contribution < 1.29 is 0 Å². The van der Waals surface area contributed by atoms with E-state index in [4.69, 9.17) is 0 Å². The molecule has 0 aromatic rings. The average Bonchev–Trinajstić information content (AvgIpc) is 2.13. The van der Waals surface area contributed by atoms with Gasteiger partial charge in [-0.15, -0.1) is 6.58 Å². The van der Waals surface area contributed by atoms with Crippen LogP contribution in [-0.2, 0) is 0 Å². The van der Waals surface area contributed by atoms with Gasteiger partial charge in [-0.05, 0) is 38.5 Å². The summed E-state index contributed by atoms with van der Waals surface area (Å²) in [4.78, 5) is 0. The Bertz CT molecular complexity index is 220. The van der Waals surface area contributed by atoms with Crippen LogP contribution in [0.2, 0.25) is 0 Å². The van der Waals surface area contributed by atoms with Crippen LogP contribution in [0.15, 0.2) is 36.5 Å². The second kappa shape index (κ2) is 6.64. The molecule has 80 valence electrons. The highest BCUT2D eigenvalue weighted by Crippen LogP contribution is 2.18. The molecule has 0 aromatic carbocycles. The van der Waals surface area contributed by atoms with Crippen molar-refractivity contribution in [2.24, 2.45) is 11.8 Å². The number of hydrogen-bond donors (Lipinski definition) is 0. The highest BCUT2D eigenvalue weighted by molar-refractivity contribution is 5.06. The van der Waals surface area contributed by atoms with Crippen LogP contribution < -0.4 is 0 Å². The molecule has 0 amide bonds. The van der Waals surface area contributed by atoms with Crippen molar-refractivity contribution >= 4 is 0 Å². The van der Waals surface area contributed by atoms with Gasteiger partial charge < -0.3 is 0 Å². The van der Waals surface area contributed by atoms with Gasteiger partial charge in [-0.3, -0.25) is 0 Å². The Morgan fingerprint density at radius 2 is 1.86 bits per heavy atom. The zero-order chi connectivity index (χ0) is 11.1. The van der Waals surface area contributed by atoms with Crippen molar-refractivity contribution in [3.05, 3.63) is 36.5 Å². The smallest absolute Gasteiger partial charge is 0.0200 e. The molecule has 0 heteroatoms. The summed E-state index contributed by atoms with van der Waals surface area (Å²) in [6.07, 6.45) is 6.58. The van der Waals surface area contributed by atoms with E-state index < -0.39 is 0 Å². The van der Waals surface area contributed by atoms with Gasteiger partial charge >= 0.3 is 0 Å². The Kier molecular flexibility index (Phi) is 6.27. The summed E-state index contributed by atoms with van der Waals surface area (Å²) in [5, 5.41) is 0. The zero-order valence-corrected chi connectivity index (χ0v) is 10.1. The first kappa shape index (κ1) is 13.2. The molecule has 0 rings (SSSR count). The Hall–Kier alpha value is -0.780. The van der Waals surface area contributed by atoms with E-state index in [1.165, 1.54) is 11.1 Å². The second-order valence-electron chi connectivity index (χ2n) is 4.45. The van der Waals surface area contributed by atoms with Crippen molar-refractivity contribution in [3.8, 4) is 0 Å². The Morgan fingerprint density at radius 3 is 2.29 bits per heavy atom. The minimum atomic E-state index is 0.588. The molecular formula is C14H24. The van der Waals surface area contributed by atoms with Crippen LogP contribution in [0.1, 0.15) is 40.5 Å². The van der Waals surface area contributed by atoms with Gasteiger partial charge in [-0.1, -0.05) is 43.7 Å². The van der Waals surface area contributed by atoms with Crippen LogP contribution in [0.5, 0.6) is 0 Å². The van der Waals surface area contributed by atoms with Gasteiger partial charge in [-0.2, -0.15) is 0 Å². The zero-order valence-electron chi connectivity index (χ0n) is 10.1. The van der Waals surface area contributed by atoms with Crippen molar-refractivity contribution in [1.29, 1.82) is 0 Å². The molecule has 0 aromatic heterocycles. The molecule has 0 nitrogen and oxygen atoms in total. The number of hydrogen-bond acceptors (Lipinski definition) is 0. The molecule has 0 aliphatic carbocycles. The lowest BCUT2D eigenvalue weighted by atomic mass is 9.95. The van der Waals surface area contributed by atoms with Gasteiger partial charge in [0.25, 0.3) is 0 Å². The van der Waals surface area contributed by atoms with E-state index in [9.17, 15) is 0 Å². The monoisotopic (exact) mass is 192 g/mol. The van der Waals surface area contributed by atoms with E-state index in [2.05, 4.69) is 46.9 Å². The molecule has 0 heterocycles. The normalized spacial score (nSPS) is 16.1. The van der Waals surface area contributed by atoms with Crippen molar-refractivity contribution in [3.63, 3.8) is 0 Å². The van der Waals surface area contributed by atoms with Gasteiger partial charge in [0.05, 0.1) is 0 Å².